The predicted molar refractivity (Wildman–Crippen MR) is 69.1 cm³/mol. The van der Waals surface area contributed by atoms with Crippen LogP contribution in [0.1, 0.15) is 52.1 Å². The van der Waals surface area contributed by atoms with E-state index in [2.05, 4.69) is 44.6 Å². The van der Waals surface area contributed by atoms with E-state index in [-0.39, 0.29) is 5.41 Å². The smallest absolute Gasteiger partial charge is 0.198 e. The maximum Gasteiger partial charge on any atom is 0.198 e. The molecule has 0 radical (unpaired) electrons. The lowest BCUT2D eigenvalue weighted by Crippen LogP contribution is -2.10. The summed E-state index contributed by atoms with van der Waals surface area (Å²) >= 11 is 0. The number of pyridine rings is 1. The Balaban J connectivity index is 2.37. The number of oxazole rings is 1. The second-order valence-electron chi connectivity index (χ2n) is 6.09. The topological polar surface area (TPSA) is 38.9 Å². The Kier molecular flexibility index (Phi) is 2.94. The molecule has 0 amide bonds. The second kappa shape index (κ2) is 4.13. The van der Waals surface area contributed by atoms with Gasteiger partial charge in [0.1, 0.15) is 5.52 Å². The summed E-state index contributed by atoms with van der Waals surface area (Å²) in [6.45, 7) is 10.8. The van der Waals surface area contributed by atoms with Gasteiger partial charge in [-0.2, -0.15) is 0 Å². The lowest BCUT2D eigenvalue weighted by Gasteiger charge is -2.16. The van der Waals surface area contributed by atoms with Crippen LogP contribution in [0.5, 0.6) is 0 Å². The summed E-state index contributed by atoms with van der Waals surface area (Å²) < 4.78 is 5.64. The van der Waals surface area contributed by atoms with Crippen LogP contribution < -0.4 is 0 Å². The van der Waals surface area contributed by atoms with Gasteiger partial charge in [-0.15, -0.1) is 0 Å². The van der Waals surface area contributed by atoms with Crippen molar-refractivity contribution in [3.63, 3.8) is 0 Å². The molecule has 0 aliphatic heterocycles. The van der Waals surface area contributed by atoms with Crippen molar-refractivity contribution in [2.45, 2.75) is 47.0 Å². The maximum absolute atomic E-state index is 5.64. The van der Waals surface area contributed by atoms with Gasteiger partial charge in [0.15, 0.2) is 11.5 Å². The first-order chi connectivity index (χ1) is 7.85. The first kappa shape index (κ1) is 12.1. The van der Waals surface area contributed by atoms with E-state index in [0.717, 1.165) is 29.1 Å². The quantitative estimate of drug-likeness (QED) is 0.787. The van der Waals surface area contributed by atoms with Crippen LogP contribution in [0.25, 0.3) is 11.1 Å². The molecule has 0 N–H and O–H groups in total. The molecule has 2 aromatic rings. The summed E-state index contributed by atoms with van der Waals surface area (Å²) in [6.07, 6.45) is 2.74. The van der Waals surface area contributed by atoms with E-state index in [1.165, 1.54) is 0 Å². The highest BCUT2D eigenvalue weighted by molar-refractivity contribution is 5.71. The highest BCUT2D eigenvalue weighted by Gasteiger charge is 2.15. The van der Waals surface area contributed by atoms with E-state index in [9.17, 15) is 0 Å². The molecule has 17 heavy (non-hydrogen) atoms. The molecule has 3 nitrogen and oxygen atoms in total. The molecule has 0 atom stereocenters. The minimum absolute atomic E-state index is 0.241. The van der Waals surface area contributed by atoms with Gasteiger partial charge in [0, 0.05) is 11.6 Å². The molecule has 0 spiro atoms. The molecule has 0 saturated heterocycles. The minimum Gasteiger partial charge on any atom is -0.439 e. The van der Waals surface area contributed by atoms with Crippen LogP contribution in [0, 0.1) is 5.41 Å². The van der Waals surface area contributed by atoms with Crippen LogP contribution in [-0.4, -0.2) is 9.97 Å². The van der Waals surface area contributed by atoms with E-state index in [1.807, 2.05) is 6.07 Å². The predicted octanol–water partition coefficient (Wildman–Crippen LogP) is 3.93. The standard InChI is InChI=1S/C14H20N2O/c1-9(2)13-16-11-6-10(7-14(3,4)5)15-8-12(11)17-13/h6,8-9H,7H2,1-5H3. The van der Waals surface area contributed by atoms with Crippen molar-refractivity contribution in [1.29, 1.82) is 0 Å². The zero-order valence-electron chi connectivity index (χ0n) is 11.2. The number of nitrogens with zero attached hydrogens (tertiary/aromatic N) is 2. The van der Waals surface area contributed by atoms with E-state index >= 15 is 0 Å². The van der Waals surface area contributed by atoms with Gasteiger partial charge in [-0.1, -0.05) is 34.6 Å². The van der Waals surface area contributed by atoms with Gasteiger partial charge in [0.25, 0.3) is 0 Å². The molecule has 2 rings (SSSR count). The molecule has 2 heterocycles. The number of hydrogen-bond acceptors (Lipinski definition) is 3. The lowest BCUT2D eigenvalue weighted by atomic mass is 9.90. The molecule has 0 unspecified atom stereocenters. The van der Waals surface area contributed by atoms with Gasteiger partial charge in [-0.05, 0) is 17.9 Å². The Morgan fingerprint density at radius 3 is 2.59 bits per heavy atom. The van der Waals surface area contributed by atoms with Crippen LogP contribution in [0.4, 0.5) is 0 Å². The monoisotopic (exact) mass is 232 g/mol. The van der Waals surface area contributed by atoms with Crippen molar-refractivity contribution < 1.29 is 4.42 Å². The summed E-state index contributed by atoms with van der Waals surface area (Å²) in [5.41, 5.74) is 3.02. The largest absolute Gasteiger partial charge is 0.439 e. The fourth-order valence-electron chi connectivity index (χ4n) is 1.78. The second-order valence-corrected chi connectivity index (χ2v) is 6.09. The summed E-state index contributed by atoms with van der Waals surface area (Å²) in [4.78, 5) is 8.93. The average Bonchev–Trinajstić information content (AvgIpc) is 2.57. The van der Waals surface area contributed by atoms with E-state index in [1.54, 1.807) is 6.20 Å². The van der Waals surface area contributed by atoms with Gasteiger partial charge < -0.3 is 4.42 Å². The molecule has 0 fully saturated rings. The minimum atomic E-state index is 0.241. The van der Waals surface area contributed by atoms with Crippen LogP contribution in [0.2, 0.25) is 0 Å². The maximum atomic E-state index is 5.64. The molecular weight excluding hydrogens is 212 g/mol. The van der Waals surface area contributed by atoms with E-state index < -0.39 is 0 Å². The molecule has 0 saturated carbocycles. The van der Waals surface area contributed by atoms with Crippen molar-refractivity contribution in [2.24, 2.45) is 5.41 Å². The molecule has 0 aliphatic carbocycles. The Morgan fingerprint density at radius 2 is 2.00 bits per heavy atom. The van der Waals surface area contributed by atoms with Crippen LogP contribution in [0.3, 0.4) is 0 Å². The number of rotatable bonds is 2. The summed E-state index contributed by atoms with van der Waals surface area (Å²) in [5.74, 6) is 1.10. The summed E-state index contributed by atoms with van der Waals surface area (Å²) in [7, 11) is 0. The molecule has 3 heteroatoms. The zero-order chi connectivity index (χ0) is 12.6. The highest BCUT2D eigenvalue weighted by Crippen LogP contribution is 2.24. The van der Waals surface area contributed by atoms with Crippen LogP contribution in [-0.2, 0) is 6.42 Å². The average molecular weight is 232 g/mol. The molecule has 0 aromatic carbocycles. The van der Waals surface area contributed by atoms with Crippen LogP contribution >= 0.6 is 0 Å². The fourth-order valence-corrected chi connectivity index (χ4v) is 1.78. The number of fused-ring (bicyclic) bond motifs is 1. The van der Waals surface area contributed by atoms with Gasteiger partial charge in [0.05, 0.1) is 6.20 Å². The van der Waals surface area contributed by atoms with Gasteiger partial charge in [-0.3, -0.25) is 4.98 Å². The summed E-state index contributed by atoms with van der Waals surface area (Å²) in [6, 6.07) is 2.04. The van der Waals surface area contributed by atoms with Crippen molar-refractivity contribution in [3.8, 4) is 0 Å². The molecule has 0 aliphatic rings. The van der Waals surface area contributed by atoms with Crippen molar-refractivity contribution >= 4 is 11.1 Å². The van der Waals surface area contributed by atoms with Gasteiger partial charge in [0.2, 0.25) is 0 Å². The Morgan fingerprint density at radius 1 is 1.29 bits per heavy atom. The first-order valence-corrected chi connectivity index (χ1v) is 6.10. The zero-order valence-corrected chi connectivity index (χ0v) is 11.2. The Hall–Kier alpha value is -1.38. The third kappa shape index (κ3) is 2.84. The van der Waals surface area contributed by atoms with Crippen molar-refractivity contribution in [2.75, 3.05) is 0 Å². The Labute approximate surface area is 102 Å². The molecular formula is C14H20N2O. The lowest BCUT2D eigenvalue weighted by molar-refractivity contribution is 0.406. The third-order valence-corrected chi connectivity index (χ3v) is 2.55. The fraction of sp³-hybridized carbons (Fsp3) is 0.571. The normalized spacial score (nSPS) is 12.6. The summed E-state index contributed by atoms with van der Waals surface area (Å²) in [5, 5.41) is 0. The SMILES string of the molecule is CC(C)c1nc2cc(CC(C)(C)C)ncc2o1. The highest BCUT2D eigenvalue weighted by atomic mass is 16.3. The van der Waals surface area contributed by atoms with Gasteiger partial charge in [-0.25, -0.2) is 4.98 Å². The Bertz CT molecular complexity index is 520. The molecule has 0 bridgehead atoms. The number of aromatic nitrogens is 2. The van der Waals surface area contributed by atoms with Gasteiger partial charge >= 0.3 is 0 Å². The molecule has 2 aromatic heterocycles. The number of hydrogen-bond donors (Lipinski definition) is 0. The van der Waals surface area contributed by atoms with Crippen LogP contribution in [0.15, 0.2) is 16.7 Å². The van der Waals surface area contributed by atoms with E-state index in [4.69, 9.17) is 4.42 Å². The van der Waals surface area contributed by atoms with E-state index in [0.29, 0.717) is 5.92 Å². The van der Waals surface area contributed by atoms with Crippen molar-refractivity contribution in [3.05, 3.63) is 23.8 Å². The molecule has 92 valence electrons. The third-order valence-electron chi connectivity index (χ3n) is 2.55. The van der Waals surface area contributed by atoms with Crippen molar-refractivity contribution in [1.82, 2.24) is 9.97 Å². The first-order valence-electron chi connectivity index (χ1n) is 6.10.